The second-order valence-corrected chi connectivity index (χ2v) is 3.32. The lowest BCUT2D eigenvalue weighted by Crippen LogP contribution is -2.17. The maximum atomic E-state index is 11.6. The molecule has 0 radical (unpaired) electrons. The molecule has 0 spiro atoms. The van der Waals surface area contributed by atoms with Crippen LogP contribution in [0.25, 0.3) is 0 Å². The van der Waals surface area contributed by atoms with E-state index in [-0.39, 0.29) is 5.91 Å². The highest BCUT2D eigenvalue weighted by atomic mass is 16.2. The molecule has 4 heteroatoms. The molecule has 1 heterocycles. The van der Waals surface area contributed by atoms with Gasteiger partial charge in [0.25, 0.3) is 5.91 Å². The van der Waals surface area contributed by atoms with Crippen LogP contribution < -0.4 is 5.43 Å². The number of nitrogens with one attached hydrogen (secondary N) is 1. The number of nitrogens with zero attached hydrogens (tertiary/aromatic N) is 2. The van der Waals surface area contributed by atoms with Crippen LogP contribution in [0.2, 0.25) is 0 Å². The summed E-state index contributed by atoms with van der Waals surface area (Å²) in [5.41, 5.74) is 3.71. The highest BCUT2D eigenvalue weighted by molar-refractivity contribution is 5.94. The number of amides is 1. The summed E-state index contributed by atoms with van der Waals surface area (Å²) in [6.45, 7) is 0. The minimum atomic E-state index is -0.238. The van der Waals surface area contributed by atoms with Crippen LogP contribution in [0.1, 0.15) is 16.1 Å². The first-order chi connectivity index (χ1) is 8.36. The molecule has 1 N–H and O–H groups in total. The number of hydrazone groups is 1. The van der Waals surface area contributed by atoms with Crippen LogP contribution in [-0.2, 0) is 0 Å². The predicted molar refractivity (Wildman–Crippen MR) is 65.7 cm³/mol. The standard InChI is InChI=1S/C13H11N3O/c17-13(11-6-2-1-3-7-11)16-15-10-12-8-4-5-9-14-12/h1-10H,(H,16,17)/b15-10-. The van der Waals surface area contributed by atoms with E-state index in [0.717, 1.165) is 0 Å². The number of rotatable bonds is 3. The quantitative estimate of drug-likeness (QED) is 0.640. The van der Waals surface area contributed by atoms with Crippen LogP contribution in [0, 0.1) is 0 Å². The van der Waals surface area contributed by atoms with E-state index in [1.807, 2.05) is 18.2 Å². The van der Waals surface area contributed by atoms with Crippen molar-refractivity contribution in [2.24, 2.45) is 5.10 Å². The molecule has 2 aromatic rings. The van der Waals surface area contributed by atoms with Gasteiger partial charge in [-0.3, -0.25) is 9.78 Å². The van der Waals surface area contributed by atoms with Gasteiger partial charge in [-0.1, -0.05) is 24.3 Å². The van der Waals surface area contributed by atoms with Crippen LogP contribution >= 0.6 is 0 Å². The van der Waals surface area contributed by atoms with Crippen LogP contribution in [0.3, 0.4) is 0 Å². The Hall–Kier alpha value is -2.49. The van der Waals surface area contributed by atoms with Crippen molar-refractivity contribution in [3.05, 3.63) is 66.0 Å². The zero-order valence-electron chi connectivity index (χ0n) is 9.08. The van der Waals surface area contributed by atoms with Gasteiger partial charge in [0.05, 0.1) is 11.9 Å². The van der Waals surface area contributed by atoms with Gasteiger partial charge >= 0.3 is 0 Å². The molecule has 0 aliphatic carbocycles. The predicted octanol–water partition coefficient (Wildman–Crippen LogP) is 1.85. The third-order valence-electron chi connectivity index (χ3n) is 2.09. The Morgan fingerprint density at radius 1 is 1.12 bits per heavy atom. The minimum Gasteiger partial charge on any atom is -0.267 e. The lowest BCUT2D eigenvalue weighted by atomic mass is 10.2. The molecule has 0 saturated heterocycles. The van der Waals surface area contributed by atoms with Gasteiger partial charge in [-0.15, -0.1) is 0 Å². The first kappa shape index (κ1) is 11.0. The Bertz CT molecular complexity index is 509. The van der Waals surface area contributed by atoms with Crippen molar-refractivity contribution in [2.75, 3.05) is 0 Å². The first-order valence-electron chi connectivity index (χ1n) is 5.16. The lowest BCUT2D eigenvalue weighted by molar-refractivity contribution is 0.0955. The van der Waals surface area contributed by atoms with Crippen LogP contribution in [0.4, 0.5) is 0 Å². The SMILES string of the molecule is O=C(N/N=C\c1ccccn1)c1ccccc1. The van der Waals surface area contributed by atoms with Crippen molar-refractivity contribution >= 4 is 12.1 Å². The van der Waals surface area contributed by atoms with E-state index in [1.165, 1.54) is 6.21 Å². The third-order valence-corrected chi connectivity index (χ3v) is 2.09. The van der Waals surface area contributed by atoms with Crippen LogP contribution in [0.5, 0.6) is 0 Å². The van der Waals surface area contributed by atoms with E-state index in [9.17, 15) is 4.79 Å². The molecule has 0 unspecified atom stereocenters. The molecule has 84 valence electrons. The van der Waals surface area contributed by atoms with Crippen molar-refractivity contribution in [3.63, 3.8) is 0 Å². The molecule has 2 rings (SSSR count). The number of carbonyl (C=O) groups is 1. The van der Waals surface area contributed by atoms with E-state index >= 15 is 0 Å². The number of carbonyl (C=O) groups excluding carboxylic acids is 1. The Morgan fingerprint density at radius 2 is 1.88 bits per heavy atom. The van der Waals surface area contributed by atoms with Gasteiger partial charge < -0.3 is 0 Å². The first-order valence-corrected chi connectivity index (χ1v) is 5.16. The minimum absolute atomic E-state index is 0.238. The average molecular weight is 225 g/mol. The zero-order chi connectivity index (χ0) is 11.9. The summed E-state index contributed by atoms with van der Waals surface area (Å²) in [5, 5.41) is 3.83. The molecule has 0 bridgehead atoms. The molecular weight excluding hydrogens is 214 g/mol. The van der Waals surface area contributed by atoms with E-state index in [4.69, 9.17) is 0 Å². The summed E-state index contributed by atoms with van der Waals surface area (Å²) in [7, 11) is 0. The van der Waals surface area contributed by atoms with Gasteiger partial charge in [-0.05, 0) is 24.3 Å². The molecule has 4 nitrogen and oxygen atoms in total. The molecule has 1 aromatic heterocycles. The largest absolute Gasteiger partial charge is 0.271 e. The van der Waals surface area contributed by atoms with E-state index in [0.29, 0.717) is 11.3 Å². The van der Waals surface area contributed by atoms with E-state index in [2.05, 4.69) is 15.5 Å². The van der Waals surface area contributed by atoms with E-state index < -0.39 is 0 Å². The number of hydrogen-bond acceptors (Lipinski definition) is 3. The third kappa shape index (κ3) is 3.24. The van der Waals surface area contributed by atoms with Gasteiger partial charge in [-0.25, -0.2) is 5.43 Å². The van der Waals surface area contributed by atoms with Gasteiger partial charge in [-0.2, -0.15) is 5.10 Å². The fourth-order valence-corrected chi connectivity index (χ4v) is 1.26. The van der Waals surface area contributed by atoms with Gasteiger partial charge in [0, 0.05) is 11.8 Å². The highest BCUT2D eigenvalue weighted by Gasteiger charge is 2.01. The Kier molecular flexibility index (Phi) is 3.60. The van der Waals surface area contributed by atoms with Crippen molar-refractivity contribution in [2.45, 2.75) is 0 Å². The molecule has 0 atom stereocenters. The number of benzene rings is 1. The highest BCUT2D eigenvalue weighted by Crippen LogP contribution is 1.97. The summed E-state index contributed by atoms with van der Waals surface area (Å²) in [4.78, 5) is 15.6. The van der Waals surface area contributed by atoms with Crippen molar-refractivity contribution in [3.8, 4) is 0 Å². The van der Waals surface area contributed by atoms with Crippen molar-refractivity contribution < 1.29 is 4.79 Å². The molecule has 1 aromatic carbocycles. The number of aromatic nitrogens is 1. The summed E-state index contributed by atoms with van der Waals surface area (Å²) in [5.74, 6) is -0.238. The summed E-state index contributed by atoms with van der Waals surface area (Å²) in [6, 6.07) is 14.4. The normalized spacial score (nSPS) is 10.4. The molecule has 0 saturated carbocycles. The smallest absolute Gasteiger partial charge is 0.267 e. The van der Waals surface area contributed by atoms with Crippen LogP contribution in [0.15, 0.2) is 59.8 Å². The molecule has 0 aliphatic heterocycles. The molecule has 17 heavy (non-hydrogen) atoms. The molecule has 0 fully saturated rings. The van der Waals surface area contributed by atoms with Crippen molar-refractivity contribution in [1.29, 1.82) is 0 Å². The Labute approximate surface area is 99.0 Å². The summed E-state index contributed by atoms with van der Waals surface area (Å²) in [6.07, 6.45) is 3.17. The second-order valence-electron chi connectivity index (χ2n) is 3.32. The number of hydrogen-bond donors (Lipinski definition) is 1. The number of pyridine rings is 1. The van der Waals surface area contributed by atoms with Gasteiger partial charge in [0.2, 0.25) is 0 Å². The maximum Gasteiger partial charge on any atom is 0.271 e. The van der Waals surface area contributed by atoms with Crippen LogP contribution in [-0.4, -0.2) is 17.1 Å². The Balaban J connectivity index is 1.95. The Morgan fingerprint density at radius 3 is 2.59 bits per heavy atom. The monoisotopic (exact) mass is 225 g/mol. The maximum absolute atomic E-state index is 11.6. The topological polar surface area (TPSA) is 54.4 Å². The van der Waals surface area contributed by atoms with Gasteiger partial charge in [0.15, 0.2) is 0 Å². The lowest BCUT2D eigenvalue weighted by Gasteiger charge is -1.98. The fraction of sp³-hybridized carbons (Fsp3) is 0. The summed E-state index contributed by atoms with van der Waals surface area (Å²) >= 11 is 0. The second kappa shape index (κ2) is 5.55. The average Bonchev–Trinajstić information content (AvgIpc) is 2.41. The molecule has 1 amide bonds. The zero-order valence-corrected chi connectivity index (χ0v) is 9.08. The molecule has 0 aliphatic rings. The van der Waals surface area contributed by atoms with Gasteiger partial charge in [0.1, 0.15) is 0 Å². The van der Waals surface area contributed by atoms with E-state index in [1.54, 1.807) is 36.5 Å². The summed E-state index contributed by atoms with van der Waals surface area (Å²) < 4.78 is 0. The molecular formula is C13H11N3O. The fourth-order valence-electron chi connectivity index (χ4n) is 1.26. The van der Waals surface area contributed by atoms with Crippen molar-refractivity contribution in [1.82, 2.24) is 10.4 Å².